The van der Waals surface area contributed by atoms with E-state index in [-0.39, 0.29) is 0 Å². The first-order chi connectivity index (χ1) is 8.54. The number of hydrogen-bond donors (Lipinski definition) is 0. The monoisotopic (exact) mass is 378 g/mol. The van der Waals surface area contributed by atoms with Crippen LogP contribution in [-0.4, -0.2) is 43.5 Å². The molecule has 0 amide bonds. The Balaban J connectivity index is 3.15. The minimum absolute atomic E-state index is 1.60. The van der Waals surface area contributed by atoms with Gasteiger partial charge in [-0.25, -0.2) is 8.22 Å². The lowest BCUT2D eigenvalue weighted by Crippen LogP contribution is -2.63. The molecule has 0 aromatic carbocycles. The Labute approximate surface area is 125 Å². The van der Waals surface area contributed by atoms with E-state index in [1.807, 2.05) is 26.2 Å². The average Bonchev–Trinajstić information content (AvgIpc) is 1.84. The minimum atomic E-state index is -5.26. The number of hydrogen-bond acceptors (Lipinski definition) is 5. The van der Waals surface area contributed by atoms with Crippen molar-refractivity contribution in [3.63, 3.8) is 0 Å². The van der Waals surface area contributed by atoms with E-state index in [2.05, 4.69) is 0 Å². The molecule has 0 radical (unpaired) electrons. The Kier molecular flexibility index (Phi) is 5.10. The summed E-state index contributed by atoms with van der Waals surface area (Å²) >= 11 is 0. The Morgan fingerprint density at radius 1 is 0.450 bits per heavy atom. The molecule has 1 rings (SSSR count). The Hall–Kier alpha value is 0.744. The topological polar surface area (TPSA) is 46.2 Å². The van der Waals surface area contributed by atoms with Gasteiger partial charge in [-0.2, -0.15) is 0 Å². The van der Waals surface area contributed by atoms with E-state index < -0.39 is 43.5 Å². The second-order valence-electron chi connectivity index (χ2n) is 6.57. The van der Waals surface area contributed by atoms with Gasteiger partial charge >= 0.3 is 43.5 Å². The molecule has 0 spiro atoms. The maximum Gasteiger partial charge on any atom is 0.742 e. The SMILES string of the molecule is C[Si]1(C)O[Si](C)(C)O[Si](C)(C)O[Si](F)(F)O[Si](C)(C)O1. The standard InChI is InChI=1S/C8H24F2O5Si5/c1-16(2)11-17(3,4)13-19(7,8)15-20(9,10)14-18(5,6)12-16/h1-8H3. The van der Waals surface area contributed by atoms with Gasteiger partial charge in [-0.15, -0.1) is 0 Å². The van der Waals surface area contributed by atoms with E-state index in [1.54, 1.807) is 26.2 Å². The van der Waals surface area contributed by atoms with Gasteiger partial charge in [0.15, 0.2) is 0 Å². The van der Waals surface area contributed by atoms with Crippen LogP contribution in [0.15, 0.2) is 0 Å². The molecule has 0 unspecified atom stereocenters. The molecule has 1 aliphatic heterocycles. The summed E-state index contributed by atoms with van der Waals surface area (Å²) in [5.74, 6) is 0. The fourth-order valence-corrected chi connectivity index (χ4v) is 23.9. The summed E-state index contributed by atoms with van der Waals surface area (Å²) in [6, 6.07) is 0. The average molecular weight is 379 g/mol. The van der Waals surface area contributed by atoms with Crippen LogP contribution in [0.5, 0.6) is 0 Å². The van der Waals surface area contributed by atoms with Gasteiger partial charge in [0.05, 0.1) is 0 Å². The van der Waals surface area contributed by atoms with Crippen LogP contribution in [0.3, 0.4) is 0 Å². The highest BCUT2D eigenvalue weighted by Gasteiger charge is 2.58. The molecule has 1 fully saturated rings. The van der Waals surface area contributed by atoms with Crippen LogP contribution in [0.2, 0.25) is 52.4 Å². The summed E-state index contributed by atoms with van der Waals surface area (Å²) in [6.07, 6.45) is 0. The van der Waals surface area contributed by atoms with Crippen LogP contribution < -0.4 is 0 Å². The number of rotatable bonds is 0. The highest BCUT2D eigenvalue weighted by atomic mass is 28.6. The first-order valence-electron chi connectivity index (χ1n) is 6.42. The molecular weight excluding hydrogens is 355 g/mol. The maximum atomic E-state index is 14.0. The van der Waals surface area contributed by atoms with Gasteiger partial charge in [0.1, 0.15) is 0 Å². The van der Waals surface area contributed by atoms with Gasteiger partial charge in [0.25, 0.3) is 0 Å². The van der Waals surface area contributed by atoms with E-state index >= 15 is 0 Å². The Morgan fingerprint density at radius 2 is 0.650 bits per heavy atom. The van der Waals surface area contributed by atoms with Crippen molar-refractivity contribution >= 4 is 43.5 Å². The zero-order valence-corrected chi connectivity index (χ0v) is 18.3. The van der Waals surface area contributed by atoms with E-state index in [0.717, 1.165) is 0 Å². The lowest BCUT2D eigenvalue weighted by atomic mass is 11.9. The quantitative estimate of drug-likeness (QED) is 0.478. The van der Waals surface area contributed by atoms with Crippen molar-refractivity contribution < 1.29 is 28.8 Å². The van der Waals surface area contributed by atoms with Crippen molar-refractivity contribution in [1.82, 2.24) is 0 Å². The summed E-state index contributed by atoms with van der Waals surface area (Å²) in [7, 11) is -16.5. The molecule has 0 N–H and O–H groups in total. The maximum absolute atomic E-state index is 14.0. The molecule has 0 atom stereocenters. The molecule has 5 nitrogen and oxygen atoms in total. The van der Waals surface area contributed by atoms with E-state index in [9.17, 15) is 8.22 Å². The molecule has 1 saturated heterocycles. The molecule has 0 bridgehead atoms. The minimum Gasteiger partial charge on any atom is -0.416 e. The highest BCUT2D eigenvalue weighted by molar-refractivity contribution is 6.91. The van der Waals surface area contributed by atoms with Crippen molar-refractivity contribution in [1.29, 1.82) is 0 Å². The molecule has 0 aliphatic carbocycles. The van der Waals surface area contributed by atoms with Gasteiger partial charge < -0.3 is 20.6 Å². The van der Waals surface area contributed by atoms with Crippen molar-refractivity contribution in [2.75, 3.05) is 0 Å². The second kappa shape index (κ2) is 5.43. The zero-order chi connectivity index (χ0) is 16.0. The number of halogens is 2. The van der Waals surface area contributed by atoms with Crippen molar-refractivity contribution in [2.45, 2.75) is 52.4 Å². The van der Waals surface area contributed by atoms with Crippen LogP contribution in [-0.2, 0) is 20.6 Å². The predicted octanol–water partition coefficient (Wildman–Crippen LogP) is 3.26. The van der Waals surface area contributed by atoms with Gasteiger partial charge in [-0.05, 0) is 52.4 Å². The summed E-state index contributed by atoms with van der Waals surface area (Å²) in [5, 5.41) is 0. The fourth-order valence-electron chi connectivity index (χ4n) is 2.45. The summed E-state index contributed by atoms with van der Waals surface area (Å²) in [5.41, 5.74) is 0. The molecular formula is C8H24F2O5Si5. The lowest BCUT2D eigenvalue weighted by Gasteiger charge is -2.43. The molecule has 12 heteroatoms. The summed E-state index contributed by atoms with van der Waals surface area (Å²) < 4.78 is 55.7. The van der Waals surface area contributed by atoms with Crippen LogP contribution in [0.25, 0.3) is 0 Å². The molecule has 1 heterocycles. The van der Waals surface area contributed by atoms with Crippen LogP contribution >= 0.6 is 0 Å². The van der Waals surface area contributed by atoms with Crippen molar-refractivity contribution in [3.8, 4) is 0 Å². The zero-order valence-electron chi connectivity index (χ0n) is 13.3. The second-order valence-corrected chi connectivity index (χ2v) is 22.8. The van der Waals surface area contributed by atoms with Crippen LogP contribution in [0, 0.1) is 0 Å². The highest BCUT2D eigenvalue weighted by Crippen LogP contribution is 2.31. The third kappa shape index (κ3) is 6.24. The van der Waals surface area contributed by atoms with E-state index in [0.29, 0.717) is 0 Å². The predicted molar refractivity (Wildman–Crippen MR) is 83.3 cm³/mol. The van der Waals surface area contributed by atoms with Gasteiger partial charge in [0.2, 0.25) is 0 Å². The Bertz CT molecular complexity index is 275. The van der Waals surface area contributed by atoms with Gasteiger partial charge in [0, 0.05) is 0 Å². The lowest BCUT2D eigenvalue weighted by molar-refractivity contribution is 0.171. The summed E-state index contributed by atoms with van der Waals surface area (Å²) in [4.78, 5) is 0. The molecule has 0 saturated carbocycles. The first-order valence-corrected chi connectivity index (χ1v) is 19.3. The molecule has 120 valence electrons. The largest absolute Gasteiger partial charge is 0.742 e. The third-order valence-corrected chi connectivity index (χ3v) is 19.8. The van der Waals surface area contributed by atoms with E-state index in [1.165, 1.54) is 0 Å². The third-order valence-electron chi connectivity index (χ3n) is 2.20. The van der Waals surface area contributed by atoms with Crippen LogP contribution in [0.1, 0.15) is 0 Å². The fraction of sp³-hybridized carbons (Fsp3) is 1.00. The Morgan fingerprint density at radius 3 is 0.900 bits per heavy atom. The molecule has 1 aliphatic rings. The smallest absolute Gasteiger partial charge is 0.416 e. The van der Waals surface area contributed by atoms with Gasteiger partial charge in [-0.1, -0.05) is 0 Å². The van der Waals surface area contributed by atoms with Crippen LogP contribution in [0.4, 0.5) is 8.22 Å². The normalized spacial score (nSPS) is 31.5. The molecule has 0 aromatic rings. The van der Waals surface area contributed by atoms with Crippen molar-refractivity contribution in [3.05, 3.63) is 0 Å². The van der Waals surface area contributed by atoms with Gasteiger partial charge in [-0.3, -0.25) is 0 Å². The summed E-state index contributed by atoms with van der Waals surface area (Å²) in [6.45, 7) is 13.7. The first kappa shape index (κ1) is 18.8. The molecule has 0 aromatic heterocycles. The van der Waals surface area contributed by atoms with E-state index in [4.69, 9.17) is 20.6 Å². The van der Waals surface area contributed by atoms with Crippen molar-refractivity contribution in [2.24, 2.45) is 0 Å². The molecule has 20 heavy (non-hydrogen) atoms.